The molecule has 1 saturated heterocycles. The van der Waals surface area contributed by atoms with Crippen LogP contribution in [0.4, 0.5) is 0 Å². The smallest absolute Gasteiger partial charge is 0.0415 e. The lowest BCUT2D eigenvalue weighted by atomic mass is 10.0. The highest BCUT2D eigenvalue weighted by Crippen LogP contribution is 2.30. The summed E-state index contributed by atoms with van der Waals surface area (Å²) in [5, 5.41) is 5.70. The first kappa shape index (κ1) is 8.73. The van der Waals surface area contributed by atoms with Gasteiger partial charge in [0.05, 0.1) is 0 Å². The maximum absolute atomic E-state index is 3.54. The van der Waals surface area contributed by atoms with E-state index in [1.54, 1.807) is 0 Å². The van der Waals surface area contributed by atoms with E-state index >= 15 is 0 Å². The van der Waals surface area contributed by atoms with E-state index in [1.807, 2.05) is 11.3 Å². The van der Waals surface area contributed by atoms with Crippen molar-refractivity contribution in [3.8, 4) is 0 Å². The van der Waals surface area contributed by atoms with E-state index < -0.39 is 0 Å². The normalized spacial score (nSPS) is 24.2. The number of rotatable bonds is 1. The molecular formula is C9H12BrNS. The second-order valence-corrected chi connectivity index (χ2v) is 5.03. The molecule has 1 fully saturated rings. The van der Waals surface area contributed by atoms with Crippen molar-refractivity contribution >= 4 is 27.3 Å². The van der Waals surface area contributed by atoms with Gasteiger partial charge in [-0.05, 0) is 41.4 Å². The summed E-state index contributed by atoms with van der Waals surface area (Å²) in [5.74, 6) is 0. The summed E-state index contributed by atoms with van der Waals surface area (Å²) in [4.78, 5) is 1.47. The highest BCUT2D eigenvalue weighted by atomic mass is 79.9. The summed E-state index contributed by atoms with van der Waals surface area (Å²) in [6, 6.07) is 2.85. The Bertz CT molecular complexity index is 253. The van der Waals surface area contributed by atoms with Crippen LogP contribution in [-0.4, -0.2) is 6.54 Å². The maximum atomic E-state index is 3.54. The van der Waals surface area contributed by atoms with E-state index in [4.69, 9.17) is 0 Å². The Balaban J connectivity index is 2.08. The number of nitrogens with one attached hydrogen (secondary N) is 1. The molecule has 0 spiro atoms. The van der Waals surface area contributed by atoms with E-state index in [-0.39, 0.29) is 0 Å². The van der Waals surface area contributed by atoms with Gasteiger partial charge in [-0.1, -0.05) is 6.42 Å². The molecule has 1 N–H and O–H groups in total. The van der Waals surface area contributed by atoms with E-state index in [0.29, 0.717) is 6.04 Å². The van der Waals surface area contributed by atoms with Gasteiger partial charge in [-0.3, -0.25) is 0 Å². The number of piperidine rings is 1. The van der Waals surface area contributed by atoms with Crippen LogP contribution in [0.25, 0.3) is 0 Å². The van der Waals surface area contributed by atoms with Gasteiger partial charge in [0, 0.05) is 20.8 Å². The average Bonchev–Trinajstić information content (AvgIpc) is 2.54. The molecule has 1 aromatic heterocycles. The first-order chi connectivity index (χ1) is 5.86. The second-order valence-electron chi connectivity index (χ2n) is 3.17. The minimum Gasteiger partial charge on any atom is -0.309 e. The molecule has 0 saturated carbocycles. The fraction of sp³-hybridized carbons (Fsp3) is 0.556. The Morgan fingerprint density at radius 3 is 3.00 bits per heavy atom. The van der Waals surface area contributed by atoms with E-state index in [9.17, 15) is 0 Å². The van der Waals surface area contributed by atoms with Crippen LogP contribution in [0.15, 0.2) is 15.9 Å². The minimum atomic E-state index is 0.620. The van der Waals surface area contributed by atoms with Crippen molar-refractivity contribution in [1.29, 1.82) is 0 Å². The van der Waals surface area contributed by atoms with Crippen LogP contribution in [0.3, 0.4) is 0 Å². The first-order valence-corrected chi connectivity index (χ1v) is 6.01. The summed E-state index contributed by atoms with van der Waals surface area (Å²) < 4.78 is 1.22. The Kier molecular flexibility index (Phi) is 2.84. The van der Waals surface area contributed by atoms with Crippen molar-refractivity contribution in [2.24, 2.45) is 0 Å². The molecule has 0 unspecified atom stereocenters. The highest BCUT2D eigenvalue weighted by Gasteiger charge is 2.15. The van der Waals surface area contributed by atoms with E-state index in [2.05, 4.69) is 32.7 Å². The molecule has 3 heteroatoms. The van der Waals surface area contributed by atoms with Crippen LogP contribution < -0.4 is 5.32 Å². The zero-order valence-electron chi connectivity index (χ0n) is 6.85. The Morgan fingerprint density at radius 2 is 2.42 bits per heavy atom. The standard InChI is InChI=1S/C9H12BrNS/c10-7-5-9(12-6-7)8-3-1-2-4-11-8/h5-6,8,11H,1-4H2/t8-/m1/s1. The molecule has 0 bridgehead atoms. The molecule has 0 amide bonds. The predicted molar refractivity (Wildman–Crippen MR) is 56.6 cm³/mol. The maximum Gasteiger partial charge on any atom is 0.0415 e. The molecule has 1 aliphatic heterocycles. The zero-order valence-corrected chi connectivity index (χ0v) is 9.25. The topological polar surface area (TPSA) is 12.0 Å². The zero-order chi connectivity index (χ0) is 8.39. The summed E-state index contributed by atoms with van der Waals surface area (Å²) in [5.41, 5.74) is 0. The monoisotopic (exact) mass is 245 g/mol. The lowest BCUT2D eigenvalue weighted by molar-refractivity contribution is 0.417. The van der Waals surface area contributed by atoms with Crippen LogP contribution in [-0.2, 0) is 0 Å². The first-order valence-electron chi connectivity index (χ1n) is 4.33. The van der Waals surface area contributed by atoms with Gasteiger partial charge >= 0.3 is 0 Å². The molecule has 2 rings (SSSR count). The Morgan fingerprint density at radius 1 is 1.50 bits per heavy atom. The fourth-order valence-corrected chi connectivity index (χ4v) is 3.16. The molecule has 1 aliphatic rings. The molecule has 0 aromatic carbocycles. The third-order valence-corrected chi connectivity index (χ3v) is 4.05. The van der Waals surface area contributed by atoms with Gasteiger partial charge in [0.25, 0.3) is 0 Å². The van der Waals surface area contributed by atoms with Crippen LogP contribution in [0.1, 0.15) is 30.2 Å². The van der Waals surface area contributed by atoms with Gasteiger partial charge in [0.1, 0.15) is 0 Å². The summed E-state index contributed by atoms with van der Waals surface area (Å²) in [6.07, 6.45) is 4.00. The van der Waals surface area contributed by atoms with E-state index in [1.165, 1.54) is 35.2 Å². The molecule has 66 valence electrons. The van der Waals surface area contributed by atoms with E-state index in [0.717, 1.165) is 0 Å². The molecule has 0 radical (unpaired) electrons. The average molecular weight is 246 g/mol. The number of halogens is 1. The lowest BCUT2D eigenvalue weighted by Gasteiger charge is -2.21. The van der Waals surface area contributed by atoms with Crippen molar-refractivity contribution in [2.75, 3.05) is 6.54 Å². The van der Waals surface area contributed by atoms with Gasteiger partial charge in [-0.2, -0.15) is 0 Å². The predicted octanol–water partition coefficient (Wildman–Crippen LogP) is 3.33. The molecule has 1 nitrogen and oxygen atoms in total. The Hall–Kier alpha value is 0.140. The Labute approximate surface area is 85.3 Å². The minimum absolute atomic E-state index is 0.620. The fourth-order valence-electron chi connectivity index (χ4n) is 1.61. The van der Waals surface area contributed by atoms with Gasteiger partial charge < -0.3 is 5.32 Å². The molecule has 0 aliphatic carbocycles. The van der Waals surface area contributed by atoms with Crippen LogP contribution in [0.2, 0.25) is 0 Å². The third kappa shape index (κ3) is 1.90. The highest BCUT2D eigenvalue weighted by molar-refractivity contribution is 9.10. The summed E-state index contributed by atoms with van der Waals surface area (Å²) in [7, 11) is 0. The van der Waals surface area contributed by atoms with Gasteiger partial charge in [-0.15, -0.1) is 11.3 Å². The van der Waals surface area contributed by atoms with Crippen molar-refractivity contribution < 1.29 is 0 Å². The quantitative estimate of drug-likeness (QED) is 0.801. The SMILES string of the molecule is Brc1csc([C@H]2CCCCN2)c1. The van der Waals surface area contributed by atoms with Crippen molar-refractivity contribution in [3.63, 3.8) is 0 Å². The molecular weight excluding hydrogens is 234 g/mol. The summed E-state index contributed by atoms with van der Waals surface area (Å²) in [6.45, 7) is 1.18. The number of thiophene rings is 1. The second kappa shape index (κ2) is 3.90. The molecule has 2 heterocycles. The van der Waals surface area contributed by atoms with Crippen molar-refractivity contribution in [1.82, 2.24) is 5.32 Å². The van der Waals surface area contributed by atoms with Gasteiger partial charge in [0.15, 0.2) is 0 Å². The van der Waals surface area contributed by atoms with Gasteiger partial charge in [-0.25, -0.2) is 0 Å². The number of hydrogen-bond donors (Lipinski definition) is 1. The molecule has 1 aromatic rings. The third-order valence-electron chi connectivity index (χ3n) is 2.24. The van der Waals surface area contributed by atoms with Crippen molar-refractivity contribution in [3.05, 3.63) is 20.8 Å². The van der Waals surface area contributed by atoms with Crippen molar-refractivity contribution in [2.45, 2.75) is 25.3 Å². The van der Waals surface area contributed by atoms with Crippen LogP contribution in [0, 0.1) is 0 Å². The molecule has 1 atom stereocenters. The van der Waals surface area contributed by atoms with Crippen LogP contribution >= 0.6 is 27.3 Å². The van der Waals surface area contributed by atoms with Gasteiger partial charge in [0.2, 0.25) is 0 Å². The molecule has 12 heavy (non-hydrogen) atoms. The lowest BCUT2D eigenvalue weighted by Crippen LogP contribution is -2.25. The summed E-state index contributed by atoms with van der Waals surface area (Å²) >= 11 is 5.33. The largest absolute Gasteiger partial charge is 0.309 e. The number of hydrogen-bond acceptors (Lipinski definition) is 2. The van der Waals surface area contributed by atoms with Crippen LogP contribution in [0.5, 0.6) is 0 Å².